The molecule has 0 unspecified atom stereocenters. The molecule has 0 aliphatic heterocycles. The predicted octanol–water partition coefficient (Wildman–Crippen LogP) is 3.98. The van der Waals surface area contributed by atoms with E-state index in [0.29, 0.717) is 0 Å². The molecule has 0 aliphatic rings. The first-order chi connectivity index (χ1) is 7.59. The van der Waals surface area contributed by atoms with Crippen LogP contribution in [-0.2, 0) is 0 Å². The molecule has 16 heavy (non-hydrogen) atoms. The Balaban J connectivity index is 2.65. The Hall–Kier alpha value is -1.63. The maximum absolute atomic E-state index is 4.22. The SMILES string of the molecule is Cc1cc(C)c(-c2cnccc2C)cc1C. The van der Waals surface area contributed by atoms with E-state index in [2.05, 4.69) is 50.9 Å². The molecule has 2 rings (SSSR count). The van der Waals surface area contributed by atoms with Gasteiger partial charge in [-0.2, -0.15) is 0 Å². The fourth-order valence-electron chi connectivity index (χ4n) is 2.00. The van der Waals surface area contributed by atoms with Crippen molar-refractivity contribution < 1.29 is 0 Å². The number of hydrogen-bond acceptors (Lipinski definition) is 1. The highest BCUT2D eigenvalue weighted by Gasteiger charge is 2.06. The van der Waals surface area contributed by atoms with Gasteiger partial charge in [0, 0.05) is 18.0 Å². The molecule has 1 heterocycles. The minimum Gasteiger partial charge on any atom is -0.264 e. The van der Waals surface area contributed by atoms with Gasteiger partial charge in [0.15, 0.2) is 0 Å². The van der Waals surface area contributed by atoms with Gasteiger partial charge in [0.2, 0.25) is 0 Å². The molecule has 0 radical (unpaired) electrons. The molecule has 0 atom stereocenters. The minimum absolute atomic E-state index is 1.24. The average Bonchev–Trinajstić information content (AvgIpc) is 2.25. The van der Waals surface area contributed by atoms with Crippen molar-refractivity contribution in [3.63, 3.8) is 0 Å². The topological polar surface area (TPSA) is 12.9 Å². The number of benzene rings is 1. The summed E-state index contributed by atoms with van der Waals surface area (Å²) >= 11 is 0. The van der Waals surface area contributed by atoms with E-state index in [-0.39, 0.29) is 0 Å². The molecule has 0 aliphatic carbocycles. The quantitative estimate of drug-likeness (QED) is 0.695. The van der Waals surface area contributed by atoms with E-state index < -0.39 is 0 Å². The molecule has 0 saturated carbocycles. The van der Waals surface area contributed by atoms with E-state index in [1.807, 2.05) is 12.4 Å². The standard InChI is InChI=1S/C15H17N/c1-10-5-6-16-9-15(10)14-8-12(3)11(2)7-13(14)4/h5-9H,1-4H3. The summed E-state index contributed by atoms with van der Waals surface area (Å²) in [5.41, 5.74) is 7.82. The van der Waals surface area contributed by atoms with Crippen LogP contribution in [0.4, 0.5) is 0 Å². The van der Waals surface area contributed by atoms with Gasteiger partial charge in [-0.15, -0.1) is 0 Å². The van der Waals surface area contributed by atoms with E-state index in [9.17, 15) is 0 Å². The lowest BCUT2D eigenvalue weighted by Crippen LogP contribution is -1.91. The molecule has 82 valence electrons. The second-order valence-corrected chi connectivity index (χ2v) is 4.44. The molecule has 1 heteroatoms. The smallest absolute Gasteiger partial charge is 0.0349 e. The Bertz CT molecular complexity index is 527. The van der Waals surface area contributed by atoms with Gasteiger partial charge in [-0.1, -0.05) is 12.1 Å². The lowest BCUT2D eigenvalue weighted by molar-refractivity contribution is 1.26. The monoisotopic (exact) mass is 211 g/mol. The van der Waals surface area contributed by atoms with Crippen LogP contribution in [0.1, 0.15) is 22.3 Å². The van der Waals surface area contributed by atoms with Gasteiger partial charge in [-0.3, -0.25) is 4.98 Å². The summed E-state index contributed by atoms with van der Waals surface area (Å²) in [5, 5.41) is 0. The molecule has 0 spiro atoms. The van der Waals surface area contributed by atoms with Gasteiger partial charge >= 0.3 is 0 Å². The lowest BCUT2D eigenvalue weighted by Gasteiger charge is -2.11. The summed E-state index contributed by atoms with van der Waals surface area (Å²) in [6.45, 7) is 8.60. The number of rotatable bonds is 1. The van der Waals surface area contributed by atoms with Crippen molar-refractivity contribution in [1.82, 2.24) is 4.98 Å². The third kappa shape index (κ3) is 1.85. The molecule has 0 N–H and O–H groups in total. The van der Waals surface area contributed by atoms with Crippen LogP contribution in [0.2, 0.25) is 0 Å². The summed E-state index contributed by atoms with van der Waals surface area (Å²) < 4.78 is 0. The Labute approximate surface area is 97.2 Å². The Morgan fingerprint density at radius 1 is 0.750 bits per heavy atom. The number of nitrogens with zero attached hydrogens (tertiary/aromatic N) is 1. The Kier molecular flexibility index (Phi) is 2.78. The van der Waals surface area contributed by atoms with Gasteiger partial charge in [-0.05, 0) is 61.6 Å². The first kappa shape index (κ1) is 10.9. The molecular weight excluding hydrogens is 194 g/mol. The molecule has 2 aromatic rings. The van der Waals surface area contributed by atoms with Crippen LogP contribution in [0.3, 0.4) is 0 Å². The second-order valence-electron chi connectivity index (χ2n) is 4.44. The maximum atomic E-state index is 4.22. The number of aryl methyl sites for hydroxylation is 4. The maximum Gasteiger partial charge on any atom is 0.0349 e. The van der Waals surface area contributed by atoms with E-state index >= 15 is 0 Å². The highest BCUT2D eigenvalue weighted by Crippen LogP contribution is 2.28. The van der Waals surface area contributed by atoms with Gasteiger partial charge in [-0.25, -0.2) is 0 Å². The largest absolute Gasteiger partial charge is 0.264 e. The summed E-state index contributed by atoms with van der Waals surface area (Å²) in [5.74, 6) is 0. The van der Waals surface area contributed by atoms with Crippen LogP contribution in [0.25, 0.3) is 11.1 Å². The van der Waals surface area contributed by atoms with Crippen molar-refractivity contribution in [3.05, 3.63) is 52.8 Å². The first-order valence-corrected chi connectivity index (χ1v) is 5.58. The van der Waals surface area contributed by atoms with Crippen LogP contribution in [0.5, 0.6) is 0 Å². The summed E-state index contributed by atoms with van der Waals surface area (Å²) in [6.07, 6.45) is 3.79. The fraction of sp³-hybridized carbons (Fsp3) is 0.267. The van der Waals surface area contributed by atoms with Gasteiger partial charge in [0.1, 0.15) is 0 Å². The third-order valence-corrected chi connectivity index (χ3v) is 3.17. The molecule has 0 fully saturated rings. The summed E-state index contributed by atoms with van der Waals surface area (Å²) in [7, 11) is 0. The third-order valence-electron chi connectivity index (χ3n) is 3.17. The number of aromatic nitrogens is 1. The van der Waals surface area contributed by atoms with E-state index in [4.69, 9.17) is 0 Å². The highest BCUT2D eigenvalue weighted by atomic mass is 14.6. The molecular formula is C15H17N. The molecule has 1 aromatic heterocycles. The van der Waals surface area contributed by atoms with Crippen molar-refractivity contribution in [2.75, 3.05) is 0 Å². The zero-order valence-electron chi connectivity index (χ0n) is 10.3. The fourth-order valence-corrected chi connectivity index (χ4v) is 2.00. The summed E-state index contributed by atoms with van der Waals surface area (Å²) in [6, 6.07) is 6.57. The number of hydrogen-bond donors (Lipinski definition) is 0. The Morgan fingerprint density at radius 2 is 1.44 bits per heavy atom. The van der Waals surface area contributed by atoms with Crippen molar-refractivity contribution >= 4 is 0 Å². The Morgan fingerprint density at radius 3 is 2.12 bits per heavy atom. The van der Waals surface area contributed by atoms with E-state index in [1.54, 1.807) is 0 Å². The number of pyridine rings is 1. The lowest BCUT2D eigenvalue weighted by atomic mass is 9.94. The molecule has 1 nitrogen and oxygen atoms in total. The van der Waals surface area contributed by atoms with Crippen LogP contribution in [-0.4, -0.2) is 4.98 Å². The van der Waals surface area contributed by atoms with Crippen molar-refractivity contribution in [1.29, 1.82) is 0 Å². The van der Waals surface area contributed by atoms with E-state index in [0.717, 1.165) is 0 Å². The van der Waals surface area contributed by atoms with Crippen LogP contribution >= 0.6 is 0 Å². The zero-order chi connectivity index (χ0) is 11.7. The normalized spacial score (nSPS) is 10.5. The molecule has 1 aromatic carbocycles. The molecule has 0 amide bonds. The van der Waals surface area contributed by atoms with E-state index in [1.165, 1.54) is 33.4 Å². The second kappa shape index (κ2) is 4.09. The van der Waals surface area contributed by atoms with Crippen molar-refractivity contribution in [3.8, 4) is 11.1 Å². The van der Waals surface area contributed by atoms with Crippen molar-refractivity contribution in [2.24, 2.45) is 0 Å². The summed E-state index contributed by atoms with van der Waals surface area (Å²) in [4.78, 5) is 4.22. The van der Waals surface area contributed by atoms with Crippen LogP contribution in [0.15, 0.2) is 30.6 Å². The highest BCUT2D eigenvalue weighted by molar-refractivity contribution is 5.70. The van der Waals surface area contributed by atoms with Gasteiger partial charge < -0.3 is 0 Å². The first-order valence-electron chi connectivity index (χ1n) is 5.58. The zero-order valence-corrected chi connectivity index (χ0v) is 10.3. The molecule has 0 saturated heterocycles. The van der Waals surface area contributed by atoms with Crippen LogP contribution in [0, 0.1) is 27.7 Å². The average molecular weight is 211 g/mol. The van der Waals surface area contributed by atoms with Crippen molar-refractivity contribution in [2.45, 2.75) is 27.7 Å². The predicted molar refractivity (Wildman–Crippen MR) is 68.6 cm³/mol. The molecule has 0 bridgehead atoms. The van der Waals surface area contributed by atoms with Gasteiger partial charge in [0.05, 0.1) is 0 Å². The van der Waals surface area contributed by atoms with Gasteiger partial charge in [0.25, 0.3) is 0 Å². The van der Waals surface area contributed by atoms with Crippen LogP contribution < -0.4 is 0 Å². The minimum atomic E-state index is 1.24.